The topological polar surface area (TPSA) is 68.2 Å². The molecule has 1 rings (SSSR count). The molecule has 0 fully saturated rings. The second kappa shape index (κ2) is 8.66. The van der Waals surface area contributed by atoms with Crippen LogP contribution in [0.25, 0.3) is 0 Å². The molecule has 0 unspecified atom stereocenters. The fraction of sp³-hybridized carbons (Fsp3) is 0.667. The summed E-state index contributed by atoms with van der Waals surface area (Å²) >= 11 is 0. The largest absolute Gasteiger partial charge is 0.383 e. The summed E-state index contributed by atoms with van der Waals surface area (Å²) in [4.78, 5) is 15.7. The van der Waals surface area contributed by atoms with Crippen molar-refractivity contribution < 1.29 is 9.53 Å². The summed E-state index contributed by atoms with van der Waals surface area (Å²) < 4.78 is 6.72. The molecule has 0 atom stereocenters. The van der Waals surface area contributed by atoms with E-state index in [1.807, 2.05) is 13.1 Å². The summed E-state index contributed by atoms with van der Waals surface area (Å²) in [6.07, 6.45) is 4.51. The van der Waals surface area contributed by atoms with E-state index in [0.717, 1.165) is 25.2 Å². The minimum absolute atomic E-state index is 0.0214. The van der Waals surface area contributed by atoms with Gasteiger partial charge in [0, 0.05) is 32.9 Å². The number of ether oxygens (including phenoxy) is 1. The first-order chi connectivity index (χ1) is 8.76. The van der Waals surface area contributed by atoms with Crippen molar-refractivity contribution in [1.29, 1.82) is 0 Å². The highest BCUT2D eigenvalue weighted by molar-refractivity contribution is 5.75. The van der Waals surface area contributed by atoms with Gasteiger partial charge in [0.05, 0.1) is 18.6 Å². The molecule has 0 aliphatic rings. The van der Waals surface area contributed by atoms with Gasteiger partial charge in [-0.05, 0) is 6.42 Å². The summed E-state index contributed by atoms with van der Waals surface area (Å²) in [7, 11) is 1.67. The molecule has 0 aliphatic carbocycles. The zero-order valence-electron chi connectivity index (χ0n) is 11.1. The van der Waals surface area contributed by atoms with Crippen LogP contribution in [-0.2, 0) is 22.6 Å². The van der Waals surface area contributed by atoms with Crippen LogP contribution in [0.4, 0.5) is 0 Å². The Kier molecular flexibility index (Phi) is 7.05. The zero-order valence-corrected chi connectivity index (χ0v) is 11.1. The number of aromatic nitrogens is 2. The molecule has 1 aromatic rings. The van der Waals surface area contributed by atoms with Crippen molar-refractivity contribution >= 4 is 5.91 Å². The van der Waals surface area contributed by atoms with Gasteiger partial charge < -0.3 is 19.9 Å². The third-order valence-corrected chi connectivity index (χ3v) is 2.37. The average molecular weight is 254 g/mol. The minimum Gasteiger partial charge on any atom is -0.383 e. The summed E-state index contributed by atoms with van der Waals surface area (Å²) in [5.41, 5.74) is 0.925. The van der Waals surface area contributed by atoms with Crippen molar-refractivity contribution in [2.45, 2.75) is 26.4 Å². The predicted octanol–water partition coefficient (Wildman–Crippen LogP) is 0.145. The van der Waals surface area contributed by atoms with E-state index in [1.54, 1.807) is 18.0 Å². The lowest BCUT2D eigenvalue weighted by Gasteiger charge is -2.03. The molecule has 0 saturated carbocycles. The van der Waals surface area contributed by atoms with Crippen LogP contribution in [0.3, 0.4) is 0 Å². The van der Waals surface area contributed by atoms with Gasteiger partial charge in [-0.25, -0.2) is 4.98 Å². The third-order valence-electron chi connectivity index (χ3n) is 2.37. The Hall–Kier alpha value is -1.40. The first-order valence-electron chi connectivity index (χ1n) is 6.23. The number of nitrogens with zero attached hydrogens (tertiary/aromatic N) is 2. The molecule has 0 aromatic carbocycles. The number of hydrogen-bond donors (Lipinski definition) is 2. The van der Waals surface area contributed by atoms with Gasteiger partial charge in [-0.2, -0.15) is 0 Å². The number of amides is 1. The van der Waals surface area contributed by atoms with Crippen LogP contribution < -0.4 is 10.6 Å². The molecule has 1 heterocycles. The van der Waals surface area contributed by atoms with Crippen molar-refractivity contribution in [1.82, 2.24) is 20.2 Å². The average Bonchev–Trinajstić information content (AvgIpc) is 2.80. The van der Waals surface area contributed by atoms with E-state index in [4.69, 9.17) is 4.74 Å². The minimum atomic E-state index is 0.0214. The van der Waals surface area contributed by atoms with Crippen molar-refractivity contribution in [3.8, 4) is 0 Å². The quantitative estimate of drug-likeness (QED) is 0.615. The van der Waals surface area contributed by atoms with E-state index in [0.29, 0.717) is 19.7 Å². The van der Waals surface area contributed by atoms with Crippen LogP contribution in [-0.4, -0.2) is 42.3 Å². The first kappa shape index (κ1) is 14.7. The monoisotopic (exact) mass is 254 g/mol. The smallest absolute Gasteiger partial charge is 0.239 e. The van der Waals surface area contributed by atoms with Gasteiger partial charge in [-0.1, -0.05) is 6.92 Å². The Labute approximate surface area is 108 Å². The van der Waals surface area contributed by atoms with Crippen molar-refractivity contribution in [2.75, 3.05) is 26.8 Å². The Morgan fingerprint density at radius 2 is 2.33 bits per heavy atom. The number of imidazole rings is 1. The van der Waals surface area contributed by atoms with Gasteiger partial charge in [0.1, 0.15) is 6.54 Å². The Bertz CT molecular complexity index is 352. The lowest BCUT2D eigenvalue weighted by Crippen LogP contribution is -2.27. The van der Waals surface area contributed by atoms with E-state index in [1.165, 1.54) is 0 Å². The molecule has 6 heteroatoms. The summed E-state index contributed by atoms with van der Waals surface area (Å²) in [5.74, 6) is 0.0214. The van der Waals surface area contributed by atoms with E-state index < -0.39 is 0 Å². The van der Waals surface area contributed by atoms with Gasteiger partial charge in [0.15, 0.2) is 0 Å². The maximum Gasteiger partial charge on any atom is 0.239 e. The zero-order chi connectivity index (χ0) is 13.2. The molecule has 0 saturated heterocycles. The molecule has 102 valence electrons. The molecule has 0 spiro atoms. The molecule has 0 aliphatic heterocycles. The van der Waals surface area contributed by atoms with Gasteiger partial charge in [0.25, 0.3) is 0 Å². The standard InChI is InChI=1S/C12H22N4O2/c1-3-4-14-12(17)9-16-8-11(15-10-16)7-13-5-6-18-2/h8,10,13H,3-7,9H2,1-2H3,(H,14,17). The van der Waals surface area contributed by atoms with Crippen LogP contribution in [0, 0.1) is 0 Å². The van der Waals surface area contributed by atoms with E-state index in [9.17, 15) is 4.79 Å². The maximum absolute atomic E-state index is 11.5. The molecular weight excluding hydrogens is 232 g/mol. The van der Waals surface area contributed by atoms with E-state index in [-0.39, 0.29) is 5.91 Å². The molecule has 0 bridgehead atoms. The molecule has 6 nitrogen and oxygen atoms in total. The SMILES string of the molecule is CCCNC(=O)Cn1cnc(CNCCOC)c1. The normalized spacial score (nSPS) is 10.6. The summed E-state index contributed by atoms with van der Waals surface area (Å²) in [5, 5.41) is 6.03. The van der Waals surface area contributed by atoms with Crippen LogP contribution in [0.5, 0.6) is 0 Å². The van der Waals surface area contributed by atoms with Gasteiger partial charge in [0.2, 0.25) is 5.91 Å². The third kappa shape index (κ3) is 5.79. The number of nitrogens with one attached hydrogen (secondary N) is 2. The highest BCUT2D eigenvalue weighted by atomic mass is 16.5. The highest BCUT2D eigenvalue weighted by Gasteiger charge is 2.03. The number of carbonyl (C=O) groups excluding carboxylic acids is 1. The molecule has 18 heavy (non-hydrogen) atoms. The first-order valence-corrected chi connectivity index (χ1v) is 6.23. The Balaban J connectivity index is 2.27. The highest BCUT2D eigenvalue weighted by Crippen LogP contribution is 1.95. The molecule has 0 radical (unpaired) electrons. The molecule has 1 aromatic heterocycles. The van der Waals surface area contributed by atoms with Crippen LogP contribution in [0.2, 0.25) is 0 Å². The van der Waals surface area contributed by atoms with Crippen molar-refractivity contribution in [3.05, 3.63) is 18.2 Å². The lowest BCUT2D eigenvalue weighted by molar-refractivity contribution is -0.121. The van der Waals surface area contributed by atoms with Gasteiger partial charge in [-0.3, -0.25) is 4.79 Å². The lowest BCUT2D eigenvalue weighted by atomic mass is 10.4. The molecular formula is C12H22N4O2. The molecule has 2 N–H and O–H groups in total. The summed E-state index contributed by atoms with van der Waals surface area (Å²) in [6, 6.07) is 0. The number of methoxy groups -OCH3 is 1. The Morgan fingerprint density at radius 1 is 1.50 bits per heavy atom. The number of rotatable bonds is 9. The van der Waals surface area contributed by atoms with Crippen molar-refractivity contribution in [2.24, 2.45) is 0 Å². The molecule has 1 amide bonds. The van der Waals surface area contributed by atoms with Gasteiger partial charge >= 0.3 is 0 Å². The Morgan fingerprint density at radius 3 is 3.06 bits per heavy atom. The fourth-order valence-corrected chi connectivity index (χ4v) is 1.46. The predicted molar refractivity (Wildman–Crippen MR) is 69.1 cm³/mol. The van der Waals surface area contributed by atoms with Crippen LogP contribution in [0.15, 0.2) is 12.5 Å². The second-order valence-electron chi connectivity index (χ2n) is 4.06. The van der Waals surface area contributed by atoms with E-state index >= 15 is 0 Å². The van der Waals surface area contributed by atoms with Crippen LogP contribution >= 0.6 is 0 Å². The fourth-order valence-electron chi connectivity index (χ4n) is 1.46. The summed E-state index contributed by atoms with van der Waals surface area (Å²) in [6.45, 7) is 5.23. The second-order valence-corrected chi connectivity index (χ2v) is 4.06. The van der Waals surface area contributed by atoms with Crippen molar-refractivity contribution in [3.63, 3.8) is 0 Å². The van der Waals surface area contributed by atoms with E-state index in [2.05, 4.69) is 15.6 Å². The number of hydrogen-bond acceptors (Lipinski definition) is 4. The van der Waals surface area contributed by atoms with Crippen LogP contribution in [0.1, 0.15) is 19.0 Å². The van der Waals surface area contributed by atoms with Gasteiger partial charge in [-0.15, -0.1) is 0 Å². The number of carbonyl (C=O) groups is 1. The maximum atomic E-state index is 11.5.